The van der Waals surface area contributed by atoms with Crippen LogP contribution in [0.25, 0.3) is 22.2 Å². The van der Waals surface area contributed by atoms with Crippen LogP contribution in [0, 0.1) is 29.1 Å². The fourth-order valence-electron chi connectivity index (χ4n) is 9.76. The Kier molecular flexibility index (Phi) is 20.6. The van der Waals surface area contributed by atoms with Crippen LogP contribution in [0.3, 0.4) is 0 Å². The molecular formula is C55H83N9O8. The number of morpholine rings is 1. The Morgan fingerprint density at radius 2 is 1.68 bits per heavy atom. The predicted molar refractivity (Wildman–Crippen MR) is 281 cm³/mol. The number of nitrogens with one attached hydrogen (secondary N) is 1. The smallest absolute Gasteiger partial charge is 0.305 e. The minimum absolute atomic E-state index is 0.152. The lowest BCUT2D eigenvalue weighted by atomic mass is 9.84. The second kappa shape index (κ2) is 25.9. The fourth-order valence-corrected chi connectivity index (χ4v) is 9.76. The number of aromatic nitrogens is 2. The second-order valence-electron chi connectivity index (χ2n) is 21.1. The Morgan fingerprint density at radius 3 is 2.32 bits per heavy atom. The largest absolute Gasteiger partial charge is 0.465 e. The van der Waals surface area contributed by atoms with Gasteiger partial charge in [0.05, 0.1) is 43.4 Å². The first kappa shape index (κ1) is 57.4. The van der Waals surface area contributed by atoms with Crippen molar-refractivity contribution < 1.29 is 38.2 Å². The van der Waals surface area contributed by atoms with Crippen molar-refractivity contribution in [1.29, 1.82) is 0 Å². The molecule has 72 heavy (non-hydrogen) atoms. The number of carbonyl (C=O) groups is 5. The van der Waals surface area contributed by atoms with E-state index >= 15 is 0 Å². The molecule has 0 saturated carbocycles. The quantitative estimate of drug-likeness (QED) is 0.0316. The lowest BCUT2D eigenvalue weighted by molar-refractivity contribution is -0.146. The van der Waals surface area contributed by atoms with Gasteiger partial charge in [-0.3, -0.25) is 38.9 Å². The van der Waals surface area contributed by atoms with Gasteiger partial charge < -0.3 is 38.8 Å². The molecule has 17 nitrogen and oxygen atoms in total. The number of nitrogens with two attached hydrogens (primary N) is 1. The van der Waals surface area contributed by atoms with E-state index in [0.29, 0.717) is 65.0 Å². The van der Waals surface area contributed by atoms with Crippen molar-refractivity contribution in [2.45, 2.75) is 132 Å². The average molecular weight is 998 g/mol. The van der Waals surface area contributed by atoms with Gasteiger partial charge in [0.15, 0.2) is 0 Å². The monoisotopic (exact) mass is 998 g/mol. The molecule has 5 rings (SSSR count). The molecule has 2 aromatic heterocycles. The van der Waals surface area contributed by atoms with Crippen LogP contribution in [0.15, 0.2) is 36.5 Å². The fraction of sp³-hybridized carbons (Fsp3) is 0.636. The normalized spacial score (nSPS) is 15.5. The lowest BCUT2D eigenvalue weighted by Gasteiger charge is -2.36. The number of esters is 1. The molecule has 0 aliphatic carbocycles. The number of nitrogens with zero attached hydrogens (tertiary/aromatic N) is 7. The van der Waals surface area contributed by atoms with Gasteiger partial charge in [-0.2, -0.15) is 0 Å². The van der Waals surface area contributed by atoms with E-state index in [-0.39, 0.29) is 49.2 Å². The lowest BCUT2D eigenvalue weighted by Crippen LogP contribution is -2.57. The zero-order valence-electron chi connectivity index (χ0n) is 45.3. The van der Waals surface area contributed by atoms with E-state index in [2.05, 4.69) is 76.6 Å². The van der Waals surface area contributed by atoms with Crippen molar-refractivity contribution in [1.82, 2.24) is 34.6 Å². The third-order valence-electron chi connectivity index (χ3n) is 14.3. The van der Waals surface area contributed by atoms with Crippen molar-refractivity contribution in [3.8, 4) is 23.1 Å². The van der Waals surface area contributed by atoms with Gasteiger partial charge in [0, 0.05) is 99.5 Å². The van der Waals surface area contributed by atoms with Crippen LogP contribution < -0.4 is 16.1 Å². The number of rotatable bonds is 22. The van der Waals surface area contributed by atoms with Crippen molar-refractivity contribution in [3.05, 3.63) is 47.8 Å². The number of aryl methyl sites for hydroxylation is 1. The summed E-state index contributed by atoms with van der Waals surface area (Å²) in [5.41, 5.74) is 5.50. The number of likely N-dealkylation sites (tertiary alicyclic amines) is 1. The maximum absolute atomic E-state index is 13.7. The molecule has 1 aromatic carbocycles. The standard InChI is InChI=1S/C55H83N9O8/c1-13-59(10)55(8,9)25-22-47(65)62-28-23-40(24-29-62)53(69)60(11)49(38(3)4)51(67)58-39(5)52(68)64(56)27-16-15-19-48(66)72-37-54(6,7)35-44-43-34-41(61-30-32-71-33-31-61)20-21-46(43)63(14-2)50(44)42-18-17-26-57-45(42)36-70-12/h17-18,20-21,26,34,38-40,49H,13-16,19,23-24,27-33,35-37,56H2,1-12H3,(H,58,67)/t39-,49?/m1/s1. The number of fused-ring (bicyclic) bond motifs is 1. The molecule has 2 atom stereocenters. The van der Waals surface area contributed by atoms with Gasteiger partial charge in [-0.25, -0.2) is 5.84 Å². The van der Waals surface area contributed by atoms with Gasteiger partial charge in [-0.1, -0.05) is 40.5 Å². The number of amides is 4. The van der Waals surface area contributed by atoms with Gasteiger partial charge in [0.1, 0.15) is 12.1 Å². The Bertz CT molecular complexity index is 2410. The zero-order chi connectivity index (χ0) is 52.9. The highest BCUT2D eigenvalue weighted by Gasteiger charge is 2.37. The first-order valence-corrected chi connectivity index (χ1v) is 25.9. The van der Waals surface area contributed by atoms with Crippen LogP contribution >= 0.6 is 0 Å². The van der Waals surface area contributed by atoms with Crippen LogP contribution in [0.4, 0.5) is 5.69 Å². The Labute approximate surface area is 428 Å². The molecule has 0 bridgehead atoms. The summed E-state index contributed by atoms with van der Waals surface area (Å²) in [6.07, 6.45) is 4.38. The SMILES string of the molecule is CCN(C)C(C)(C)C#CC(=O)N1CCC(C(=O)N(C)C(C(=O)N[C@H](C)C(=O)N(N)CCCCC(=O)OCC(C)(C)Cc2c(-c3cccnc3COC)n(CC)c3ccc(N4CCOCC4)cc23)C(C)C)CC1. The maximum Gasteiger partial charge on any atom is 0.305 e. The third-order valence-corrected chi connectivity index (χ3v) is 14.3. The first-order chi connectivity index (χ1) is 34.1. The summed E-state index contributed by atoms with van der Waals surface area (Å²) in [6, 6.07) is 8.95. The molecule has 0 spiro atoms. The number of pyridine rings is 1. The number of benzene rings is 1. The number of unbranched alkanes of at least 4 members (excludes halogenated alkanes) is 1. The molecule has 1 unspecified atom stereocenters. The van der Waals surface area contributed by atoms with Gasteiger partial charge >= 0.3 is 5.97 Å². The number of likely N-dealkylation sites (N-methyl/N-ethyl adjacent to an activating group) is 1. The third kappa shape index (κ3) is 14.6. The van der Waals surface area contributed by atoms with Crippen LogP contribution in [0.1, 0.15) is 106 Å². The molecule has 2 aliphatic heterocycles. The summed E-state index contributed by atoms with van der Waals surface area (Å²) < 4.78 is 19.5. The van der Waals surface area contributed by atoms with E-state index in [9.17, 15) is 24.0 Å². The maximum atomic E-state index is 13.7. The molecule has 2 fully saturated rings. The van der Waals surface area contributed by atoms with Crippen molar-refractivity contribution in [2.75, 3.05) is 85.2 Å². The van der Waals surface area contributed by atoms with Crippen molar-refractivity contribution in [3.63, 3.8) is 0 Å². The van der Waals surface area contributed by atoms with Crippen molar-refractivity contribution in [2.24, 2.45) is 23.1 Å². The Hall–Kier alpha value is -5.54. The average Bonchev–Trinajstić information content (AvgIpc) is 3.66. The Morgan fingerprint density at radius 1 is 0.986 bits per heavy atom. The van der Waals surface area contributed by atoms with E-state index in [1.165, 1.54) is 4.90 Å². The molecule has 17 heteroatoms. The number of hydrogen-bond donors (Lipinski definition) is 2. The summed E-state index contributed by atoms with van der Waals surface area (Å²) in [7, 11) is 5.25. The summed E-state index contributed by atoms with van der Waals surface area (Å²) in [5.74, 6) is 9.76. The molecule has 0 radical (unpaired) electrons. The number of carbonyl (C=O) groups excluding carboxylic acids is 5. The van der Waals surface area contributed by atoms with Gasteiger partial charge in [-0.05, 0) is 121 Å². The van der Waals surface area contributed by atoms with Crippen molar-refractivity contribution >= 4 is 46.2 Å². The molecule has 2 saturated heterocycles. The topological polar surface area (TPSA) is 185 Å². The highest BCUT2D eigenvalue weighted by atomic mass is 16.5. The minimum Gasteiger partial charge on any atom is -0.465 e. The number of ether oxygens (including phenoxy) is 3. The number of methoxy groups -OCH3 is 1. The zero-order valence-corrected chi connectivity index (χ0v) is 45.3. The van der Waals surface area contributed by atoms with Gasteiger partial charge in [0.25, 0.3) is 11.8 Å². The molecule has 4 heterocycles. The molecular weight excluding hydrogens is 915 g/mol. The van der Waals surface area contributed by atoms with E-state index in [4.69, 9.17) is 25.0 Å². The predicted octanol–water partition coefficient (Wildman–Crippen LogP) is 5.65. The van der Waals surface area contributed by atoms with Gasteiger partial charge in [-0.15, -0.1) is 0 Å². The van der Waals surface area contributed by atoms with E-state index in [1.807, 2.05) is 47.7 Å². The van der Waals surface area contributed by atoms with Crippen LogP contribution in [0.5, 0.6) is 0 Å². The summed E-state index contributed by atoms with van der Waals surface area (Å²) in [5, 5.41) is 5.00. The number of piperidine rings is 1. The second-order valence-corrected chi connectivity index (χ2v) is 21.1. The summed E-state index contributed by atoms with van der Waals surface area (Å²) >= 11 is 0. The molecule has 2 aliphatic rings. The van der Waals surface area contributed by atoms with E-state index < -0.39 is 34.9 Å². The van der Waals surface area contributed by atoms with Crippen LogP contribution in [-0.4, -0.2) is 157 Å². The van der Waals surface area contributed by atoms with E-state index in [1.54, 1.807) is 32.2 Å². The molecule has 4 amide bonds. The highest BCUT2D eigenvalue weighted by Crippen LogP contribution is 2.41. The molecule has 3 aromatic rings. The number of anilines is 1. The van der Waals surface area contributed by atoms with Crippen LogP contribution in [0.2, 0.25) is 0 Å². The first-order valence-electron chi connectivity index (χ1n) is 25.9. The van der Waals surface area contributed by atoms with Crippen LogP contribution in [-0.2, 0) is 57.8 Å². The number of hydrogen-bond acceptors (Lipinski definition) is 12. The summed E-state index contributed by atoms with van der Waals surface area (Å²) in [4.78, 5) is 79.2. The van der Waals surface area contributed by atoms with Gasteiger partial charge in [0.2, 0.25) is 11.8 Å². The number of hydrazine groups is 1. The highest BCUT2D eigenvalue weighted by molar-refractivity contribution is 5.96. The molecule has 396 valence electrons. The minimum atomic E-state index is -0.959. The van der Waals surface area contributed by atoms with E-state index in [0.717, 1.165) is 70.3 Å². The summed E-state index contributed by atoms with van der Waals surface area (Å²) in [6.45, 7) is 23.7. The molecule has 3 N–H and O–H groups in total. The Balaban J connectivity index is 1.12.